The number of nitro benzene ring substituents is 1. The Morgan fingerprint density at radius 3 is 2.45 bits per heavy atom. The normalized spacial score (nSPS) is 12.1. The maximum atomic E-state index is 12.7. The number of benzene rings is 2. The van der Waals surface area contributed by atoms with Crippen LogP contribution in [0.15, 0.2) is 61.9 Å². The molecule has 0 saturated carbocycles. The fourth-order valence-electron chi connectivity index (χ4n) is 2.29. The summed E-state index contributed by atoms with van der Waals surface area (Å²) in [5.41, 5.74) is -4.92. The molecular formula is C16H10F3N3O5S2. The summed E-state index contributed by atoms with van der Waals surface area (Å²) in [4.78, 5) is 8.89. The number of rotatable bonds is 5. The average molecular weight is 445 g/mol. The number of nitrogens with zero attached hydrogens (tertiary/aromatic N) is 3. The van der Waals surface area contributed by atoms with Crippen molar-refractivity contribution in [3.8, 4) is 11.5 Å². The van der Waals surface area contributed by atoms with Gasteiger partial charge in [0.25, 0.3) is 20.7 Å². The number of alkyl halides is 3. The molecule has 0 unspecified atom stereocenters. The van der Waals surface area contributed by atoms with Crippen LogP contribution < -0.4 is 0 Å². The van der Waals surface area contributed by atoms with E-state index in [2.05, 4.69) is 10.2 Å². The molecule has 152 valence electrons. The molecule has 0 amide bonds. The van der Waals surface area contributed by atoms with Crippen LogP contribution in [0.4, 0.5) is 18.9 Å². The molecule has 2 aromatic carbocycles. The van der Waals surface area contributed by atoms with E-state index in [4.69, 9.17) is 4.42 Å². The minimum Gasteiger partial charge on any atom is -0.411 e. The first-order valence-electron chi connectivity index (χ1n) is 7.68. The summed E-state index contributed by atoms with van der Waals surface area (Å²) < 4.78 is 66.5. The fourth-order valence-corrected chi connectivity index (χ4v) is 3.84. The third kappa shape index (κ3) is 4.10. The summed E-state index contributed by atoms with van der Waals surface area (Å²) in [5.74, 6) is 0.157. The van der Waals surface area contributed by atoms with Crippen LogP contribution in [-0.4, -0.2) is 29.0 Å². The molecule has 0 atom stereocenters. The molecule has 1 heterocycles. The molecule has 0 aliphatic rings. The first-order chi connectivity index (χ1) is 13.5. The van der Waals surface area contributed by atoms with Gasteiger partial charge in [-0.2, -0.15) is 13.2 Å². The van der Waals surface area contributed by atoms with E-state index in [1.165, 1.54) is 0 Å². The summed E-state index contributed by atoms with van der Waals surface area (Å²) in [7, 11) is -5.72. The zero-order valence-electron chi connectivity index (χ0n) is 14.4. The minimum atomic E-state index is -5.72. The SMILES string of the molecule is Cc1ccccc1-c1nnc(Sc2ccc(S(=O)(=O)C(F)(F)F)cc2[N+](=O)[O-])o1. The molecular weight excluding hydrogens is 435 g/mol. The van der Waals surface area contributed by atoms with E-state index < -0.39 is 30.9 Å². The van der Waals surface area contributed by atoms with Crippen LogP contribution in [0.1, 0.15) is 5.56 Å². The van der Waals surface area contributed by atoms with Gasteiger partial charge in [-0.1, -0.05) is 18.2 Å². The van der Waals surface area contributed by atoms with Crippen molar-refractivity contribution in [2.45, 2.75) is 27.4 Å². The number of sulfone groups is 1. The Hall–Kier alpha value is -2.93. The molecule has 0 radical (unpaired) electrons. The van der Waals surface area contributed by atoms with Crippen molar-refractivity contribution >= 4 is 27.3 Å². The van der Waals surface area contributed by atoms with Gasteiger partial charge < -0.3 is 4.42 Å². The number of halogens is 3. The monoisotopic (exact) mass is 445 g/mol. The standard InChI is InChI=1S/C16H10F3N3O5S2/c1-9-4-2-3-5-11(9)14-20-21-15(27-14)28-13-7-6-10(8-12(13)22(23)24)29(25,26)16(17,18)19/h2-8H,1H3. The molecule has 0 N–H and O–H groups in total. The van der Waals surface area contributed by atoms with Gasteiger partial charge in [-0.3, -0.25) is 10.1 Å². The Labute approximate surface area is 165 Å². The quantitative estimate of drug-likeness (QED) is 0.419. The summed E-state index contributed by atoms with van der Waals surface area (Å²) in [6.45, 7) is 1.82. The van der Waals surface area contributed by atoms with Crippen molar-refractivity contribution in [1.29, 1.82) is 0 Å². The van der Waals surface area contributed by atoms with Gasteiger partial charge >= 0.3 is 5.51 Å². The van der Waals surface area contributed by atoms with Crippen LogP contribution >= 0.6 is 11.8 Å². The number of hydrogen-bond donors (Lipinski definition) is 0. The van der Waals surface area contributed by atoms with Crippen LogP contribution in [-0.2, 0) is 9.84 Å². The van der Waals surface area contributed by atoms with E-state index in [0.29, 0.717) is 29.5 Å². The van der Waals surface area contributed by atoms with E-state index in [0.717, 1.165) is 11.6 Å². The second-order valence-corrected chi connectivity index (χ2v) is 8.56. The Balaban J connectivity index is 1.97. The predicted octanol–water partition coefficient (Wildman–Crippen LogP) is 4.40. The minimum absolute atomic E-state index is 0.0993. The zero-order chi connectivity index (χ0) is 21.4. The van der Waals surface area contributed by atoms with Gasteiger partial charge in [-0.25, -0.2) is 8.42 Å². The molecule has 0 saturated heterocycles. The topological polar surface area (TPSA) is 116 Å². The van der Waals surface area contributed by atoms with Crippen molar-refractivity contribution < 1.29 is 30.9 Å². The number of aromatic nitrogens is 2. The smallest absolute Gasteiger partial charge is 0.411 e. The molecule has 0 aliphatic heterocycles. The highest BCUT2D eigenvalue weighted by Gasteiger charge is 2.47. The van der Waals surface area contributed by atoms with Crippen LogP contribution in [0, 0.1) is 17.0 Å². The maximum Gasteiger partial charge on any atom is 0.501 e. The molecule has 8 nitrogen and oxygen atoms in total. The molecule has 13 heteroatoms. The summed E-state index contributed by atoms with van der Waals surface area (Å²) >= 11 is 0.633. The first kappa shape index (κ1) is 20.8. The molecule has 0 fully saturated rings. The largest absolute Gasteiger partial charge is 0.501 e. The highest BCUT2D eigenvalue weighted by Crippen LogP contribution is 2.39. The molecule has 1 aromatic heterocycles. The summed E-state index contributed by atoms with van der Waals surface area (Å²) in [6, 6.07) is 8.99. The molecule has 3 rings (SSSR count). The van der Waals surface area contributed by atoms with Crippen molar-refractivity contribution in [3.05, 3.63) is 58.1 Å². The molecule has 0 aliphatic carbocycles. The predicted molar refractivity (Wildman–Crippen MR) is 94.9 cm³/mol. The lowest BCUT2D eigenvalue weighted by Gasteiger charge is -2.08. The molecule has 3 aromatic rings. The third-order valence-electron chi connectivity index (χ3n) is 3.72. The molecule has 29 heavy (non-hydrogen) atoms. The lowest BCUT2D eigenvalue weighted by Crippen LogP contribution is -2.23. The number of aryl methyl sites for hydroxylation is 1. The average Bonchev–Trinajstić information content (AvgIpc) is 3.09. The molecule has 0 bridgehead atoms. The van der Waals surface area contributed by atoms with Gasteiger partial charge in [0, 0.05) is 11.6 Å². The van der Waals surface area contributed by atoms with Gasteiger partial charge in [0.1, 0.15) is 0 Å². The van der Waals surface area contributed by atoms with Crippen LogP contribution in [0.2, 0.25) is 0 Å². The summed E-state index contributed by atoms with van der Waals surface area (Å²) in [5, 5.41) is 18.8. The van der Waals surface area contributed by atoms with Gasteiger partial charge in [-0.05, 0) is 42.4 Å². The first-order valence-corrected chi connectivity index (χ1v) is 9.98. The maximum absolute atomic E-state index is 12.7. The Morgan fingerprint density at radius 2 is 1.83 bits per heavy atom. The molecule has 0 spiro atoms. The van der Waals surface area contributed by atoms with Crippen molar-refractivity contribution in [2.24, 2.45) is 0 Å². The number of hydrogen-bond acceptors (Lipinski definition) is 8. The van der Waals surface area contributed by atoms with Crippen molar-refractivity contribution in [1.82, 2.24) is 10.2 Å². The Kier molecular flexibility index (Phi) is 5.36. The van der Waals surface area contributed by atoms with E-state index >= 15 is 0 Å². The van der Waals surface area contributed by atoms with Gasteiger partial charge in [0.05, 0.1) is 14.7 Å². The fraction of sp³-hybridized carbons (Fsp3) is 0.125. The Bertz CT molecular complexity index is 1190. The highest BCUT2D eigenvalue weighted by atomic mass is 32.2. The Morgan fingerprint density at radius 1 is 1.14 bits per heavy atom. The van der Waals surface area contributed by atoms with E-state index in [1.54, 1.807) is 12.1 Å². The highest BCUT2D eigenvalue weighted by molar-refractivity contribution is 7.99. The second-order valence-electron chi connectivity index (χ2n) is 5.63. The third-order valence-corrected chi connectivity index (χ3v) is 6.11. The number of nitro groups is 1. The summed E-state index contributed by atoms with van der Waals surface area (Å²) in [6.07, 6.45) is 0. The van der Waals surface area contributed by atoms with E-state index in [1.807, 2.05) is 19.1 Å². The van der Waals surface area contributed by atoms with Crippen LogP contribution in [0.25, 0.3) is 11.5 Å². The zero-order valence-corrected chi connectivity index (χ0v) is 16.0. The van der Waals surface area contributed by atoms with E-state index in [9.17, 15) is 31.7 Å². The van der Waals surface area contributed by atoms with Gasteiger partial charge in [0.15, 0.2) is 0 Å². The van der Waals surface area contributed by atoms with Crippen LogP contribution in [0.5, 0.6) is 0 Å². The van der Waals surface area contributed by atoms with Crippen molar-refractivity contribution in [2.75, 3.05) is 0 Å². The van der Waals surface area contributed by atoms with Gasteiger partial charge in [0.2, 0.25) is 5.89 Å². The van der Waals surface area contributed by atoms with Crippen molar-refractivity contribution in [3.63, 3.8) is 0 Å². The second kappa shape index (κ2) is 7.48. The lowest BCUT2D eigenvalue weighted by atomic mass is 10.1. The van der Waals surface area contributed by atoms with Gasteiger partial charge in [-0.15, -0.1) is 10.2 Å². The van der Waals surface area contributed by atoms with E-state index in [-0.39, 0.29) is 16.0 Å². The lowest BCUT2D eigenvalue weighted by molar-refractivity contribution is -0.388. The van der Waals surface area contributed by atoms with Crippen LogP contribution in [0.3, 0.4) is 0 Å².